The number of nitrogens with zero attached hydrogens (tertiary/aromatic N) is 4. The summed E-state index contributed by atoms with van der Waals surface area (Å²) < 4.78 is 37.4. The molecule has 0 aromatic carbocycles. The summed E-state index contributed by atoms with van der Waals surface area (Å²) in [6.45, 7) is 4.28. The number of aliphatic carboxylic acids is 1. The van der Waals surface area contributed by atoms with Crippen LogP contribution in [-0.4, -0.2) is 77.6 Å². The highest BCUT2D eigenvalue weighted by Gasteiger charge is 2.52. The highest BCUT2D eigenvalue weighted by molar-refractivity contribution is 5.76. The quantitative estimate of drug-likeness (QED) is 0.767. The molecule has 0 radical (unpaired) electrons. The number of hydrogen-bond acceptors (Lipinski definition) is 7. The molecule has 0 bridgehead atoms. The lowest BCUT2D eigenvalue weighted by molar-refractivity contribution is -0.199. The third-order valence-corrected chi connectivity index (χ3v) is 5.38. The van der Waals surface area contributed by atoms with Crippen LogP contribution in [0.1, 0.15) is 19.3 Å². The molecular formula is C18H23F3N4O5. The van der Waals surface area contributed by atoms with Gasteiger partial charge < -0.3 is 14.7 Å². The maximum Gasteiger partial charge on any atom is 0.490 e. The van der Waals surface area contributed by atoms with Gasteiger partial charge in [-0.05, 0) is 18.9 Å². The monoisotopic (exact) mass is 432 g/mol. The van der Waals surface area contributed by atoms with Crippen LogP contribution < -0.4 is 4.90 Å². The molecule has 0 spiro atoms. The smallest absolute Gasteiger partial charge is 0.475 e. The minimum absolute atomic E-state index is 0.0797. The highest BCUT2D eigenvalue weighted by Crippen LogP contribution is 2.45. The highest BCUT2D eigenvalue weighted by atomic mass is 19.4. The molecule has 3 fully saturated rings. The lowest BCUT2D eigenvalue weighted by atomic mass is 9.78. The first kappa shape index (κ1) is 22.2. The van der Waals surface area contributed by atoms with Gasteiger partial charge in [-0.3, -0.25) is 9.63 Å². The molecule has 0 unspecified atom stereocenters. The molecule has 30 heavy (non-hydrogen) atoms. The zero-order chi connectivity index (χ0) is 21.8. The number of carbonyl (C=O) groups excluding carboxylic acids is 1. The Morgan fingerprint density at radius 2 is 1.97 bits per heavy atom. The fourth-order valence-electron chi connectivity index (χ4n) is 3.87. The van der Waals surface area contributed by atoms with Gasteiger partial charge in [-0.1, -0.05) is 0 Å². The van der Waals surface area contributed by atoms with E-state index in [2.05, 4.69) is 14.9 Å². The van der Waals surface area contributed by atoms with Crippen LogP contribution in [0.25, 0.3) is 0 Å². The van der Waals surface area contributed by atoms with Gasteiger partial charge in [-0.2, -0.15) is 13.2 Å². The molecule has 0 saturated carbocycles. The van der Waals surface area contributed by atoms with E-state index in [4.69, 9.17) is 19.5 Å². The number of fused-ring (bicyclic) bond motifs is 1. The number of hydrogen-bond donors (Lipinski definition) is 1. The third kappa shape index (κ3) is 5.17. The van der Waals surface area contributed by atoms with E-state index in [0.29, 0.717) is 38.7 Å². The molecule has 4 heterocycles. The SMILES string of the molecule is O=C(C[C@]12COC[C@H]1CN(c1ncccn1)C2)N1CCCCO1.O=C(O)C(F)(F)F. The number of amides is 1. The van der Waals surface area contributed by atoms with E-state index in [0.717, 1.165) is 31.9 Å². The van der Waals surface area contributed by atoms with Crippen LogP contribution in [0.3, 0.4) is 0 Å². The van der Waals surface area contributed by atoms with Crippen molar-refractivity contribution >= 4 is 17.8 Å². The Hall–Kier alpha value is -2.47. The van der Waals surface area contributed by atoms with Crippen molar-refractivity contribution in [2.45, 2.75) is 25.4 Å². The van der Waals surface area contributed by atoms with Crippen LogP contribution in [0.15, 0.2) is 18.5 Å². The Kier molecular flexibility index (Phi) is 6.76. The van der Waals surface area contributed by atoms with Crippen LogP contribution in [0.2, 0.25) is 0 Å². The Balaban J connectivity index is 0.000000318. The summed E-state index contributed by atoms with van der Waals surface area (Å²) in [6.07, 6.45) is 0.947. The van der Waals surface area contributed by atoms with Gasteiger partial charge in [0, 0.05) is 49.8 Å². The van der Waals surface area contributed by atoms with E-state index in [1.807, 2.05) is 6.07 Å². The second kappa shape index (κ2) is 9.13. The van der Waals surface area contributed by atoms with E-state index in [1.54, 1.807) is 17.5 Å². The van der Waals surface area contributed by atoms with Crippen molar-refractivity contribution in [1.29, 1.82) is 0 Å². The molecule has 1 aromatic heterocycles. The number of carboxylic acids is 1. The Bertz CT molecular complexity index is 745. The van der Waals surface area contributed by atoms with Gasteiger partial charge in [0.15, 0.2) is 0 Å². The number of rotatable bonds is 3. The van der Waals surface area contributed by atoms with Gasteiger partial charge in [0.2, 0.25) is 11.9 Å². The van der Waals surface area contributed by atoms with Crippen molar-refractivity contribution in [2.24, 2.45) is 11.3 Å². The van der Waals surface area contributed by atoms with Crippen molar-refractivity contribution in [3.05, 3.63) is 18.5 Å². The molecule has 12 heteroatoms. The van der Waals surface area contributed by atoms with Crippen molar-refractivity contribution in [3.8, 4) is 0 Å². The Morgan fingerprint density at radius 3 is 2.57 bits per heavy atom. The van der Waals surface area contributed by atoms with Gasteiger partial charge in [-0.25, -0.2) is 19.8 Å². The molecular weight excluding hydrogens is 409 g/mol. The van der Waals surface area contributed by atoms with Crippen molar-refractivity contribution in [2.75, 3.05) is 44.4 Å². The summed E-state index contributed by atoms with van der Waals surface area (Å²) in [5, 5.41) is 8.68. The number of carbonyl (C=O) groups is 2. The van der Waals surface area contributed by atoms with Gasteiger partial charge in [0.1, 0.15) is 0 Å². The van der Waals surface area contributed by atoms with Gasteiger partial charge >= 0.3 is 12.1 Å². The Labute approximate surface area is 170 Å². The van der Waals surface area contributed by atoms with Gasteiger partial charge in [0.05, 0.1) is 19.8 Å². The standard InChI is InChI=1S/C16H22N4O3.C2HF3O2/c21-14(20-6-1-2-7-23-20)8-16-11-19(9-13(16)10-22-12-16)15-17-4-3-5-18-15;3-2(4,5)1(6)7/h3-5,13H,1-2,6-12H2;(H,6,7)/t13-,16+;/m1./s1. The summed E-state index contributed by atoms with van der Waals surface area (Å²) in [4.78, 5) is 37.9. The van der Waals surface area contributed by atoms with Crippen LogP contribution in [0.4, 0.5) is 19.1 Å². The molecule has 1 amide bonds. The summed E-state index contributed by atoms with van der Waals surface area (Å²) >= 11 is 0. The molecule has 3 aliphatic rings. The molecule has 1 aromatic rings. The number of hydroxylamine groups is 2. The summed E-state index contributed by atoms with van der Waals surface area (Å²) in [5.74, 6) is -1.59. The van der Waals surface area contributed by atoms with Crippen molar-refractivity contribution < 1.29 is 37.4 Å². The van der Waals surface area contributed by atoms with Crippen molar-refractivity contribution in [1.82, 2.24) is 15.0 Å². The molecule has 166 valence electrons. The lowest BCUT2D eigenvalue weighted by Gasteiger charge is -2.31. The lowest BCUT2D eigenvalue weighted by Crippen LogP contribution is -2.42. The minimum Gasteiger partial charge on any atom is -0.475 e. The first-order valence-corrected chi connectivity index (χ1v) is 9.54. The second-order valence-corrected chi connectivity index (χ2v) is 7.52. The van der Waals surface area contributed by atoms with Gasteiger partial charge in [0.25, 0.3) is 0 Å². The normalized spacial score (nSPS) is 26.0. The summed E-state index contributed by atoms with van der Waals surface area (Å²) in [7, 11) is 0. The molecule has 4 rings (SSSR count). The maximum atomic E-state index is 12.6. The van der Waals surface area contributed by atoms with E-state index < -0.39 is 12.1 Å². The number of halogens is 3. The van der Waals surface area contributed by atoms with Gasteiger partial charge in [-0.15, -0.1) is 0 Å². The molecule has 9 nitrogen and oxygen atoms in total. The van der Waals surface area contributed by atoms with Crippen LogP contribution in [-0.2, 0) is 19.2 Å². The van der Waals surface area contributed by atoms with Crippen LogP contribution >= 0.6 is 0 Å². The van der Waals surface area contributed by atoms with E-state index in [-0.39, 0.29) is 11.3 Å². The second-order valence-electron chi connectivity index (χ2n) is 7.52. The van der Waals surface area contributed by atoms with E-state index in [9.17, 15) is 18.0 Å². The number of anilines is 1. The average Bonchev–Trinajstić information content (AvgIpc) is 3.26. The zero-order valence-electron chi connectivity index (χ0n) is 16.2. The molecule has 1 N–H and O–H groups in total. The molecule has 3 aliphatic heterocycles. The summed E-state index contributed by atoms with van der Waals surface area (Å²) in [6, 6.07) is 1.82. The number of carboxylic acid groups (broad SMARTS) is 1. The first-order valence-electron chi connectivity index (χ1n) is 9.54. The zero-order valence-corrected chi connectivity index (χ0v) is 16.2. The molecule has 0 aliphatic carbocycles. The Morgan fingerprint density at radius 1 is 1.27 bits per heavy atom. The molecule has 2 atom stereocenters. The number of ether oxygens (including phenoxy) is 1. The maximum absolute atomic E-state index is 12.6. The molecule has 3 saturated heterocycles. The third-order valence-electron chi connectivity index (χ3n) is 5.38. The predicted molar refractivity (Wildman–Crippen MR) is 96.2 cm³/mol. The topological polar surface area (TPSA) is 105 Å². The average molecular weight is 432 g/mol. The fraction of sp³-hybridized carbons (Fsp3) is 0.667. The fourth-order valence-corrected chi connectivity index (χ4v) is 3.87. The number of alkyl halides is 3. The van der Waals surface area contributed by atoms with Crippen LogP contribution in [0.5, 0.6) is 0 Å². The summed E-state index contributed by atoms with van der Waals surface area (Å²) in [5.41, 5.74) is -0.142. The predicted octanol–water partition coefficient (Wildman–Crippen LogP) is 1.51. The van der Waals surface area contributed by atoms with Crippen LogP contribution in [0, 0.1) is 11.3 Å². The number of aromatic nitrogens is 2. The van der Waals surface area contributed by atoms with E-state index in [1.165, 1.54) is 0 Å². The van der Waals surface area contributed by atoms with E-state index >= 15 is 0 Å². The van der Waals surface area contributed by atoms with Crippen molar-refractivity contribution in [3.63, 3.8) is 0 Å². The minimum atomic E-state index is -5.08. The first-order chi connectivity index (χ1) is 14.2. The largest absolute Gasteiger partial charge is 0.490 e.